The van der Waals surface area contributed by atoms with Gasteiger partial charge in [0.1, 0.15) is 0 Å². The van der Waals surface area contributed by atoms with E-state index < -0.39 is 0 Å². The van der Waals surface area contributed by atoms with E-state index in [0.29, 0.717) is 13.2 Å². The van der Waals surface area contributed by atoms with E-state index in [-0.39, 0.29) is 6.04 Å². The first-order valence-corrected chi connectivity index (χ1v) is 7.26. The molecule has 1 N–H and O–H groups in total. The van der Waals surface area contributed by atoms with Gasteiger partial charge >= 0.3 is 0 Å². The van der Waals surface area contributed by atoms with Gasteiger partial charge in [-0.05, 0) is 31.7 Å². The molecule has 0 aliphatic carbocycles. The van der Waals surface area contributed by atoms with E-state index in [4.69, 9.17) is 9.47 Å². The molecule has 1 aliphatic rings. The Labute approximate surface area is 124 Å². The SMILES string of the molecule is CNC(c1ccc2c(c1)OCCCO2)c1cnn(C)c1C. The zero-order chi connectivity index (χ0) is 14.8. The molecule has 5 heteroatoms. The third-order valence-electron chi connectivity index (χ3n) is 3.98. The van der Waals surface area contributed by atoms with Crippen molar-refractivity contribution < 1.29 is 9.47 Å². The average Bonchev–Trinajstić information content (AvgIpc) is 2.71. The molecule has 1 aromatic heterocycles. The molecule has 0 bridgehead atoms. The lowest BCUT2D eigenvalue weighted by Crippen LogP contribution is -2.18. The summed E-state index contributed by atoms with van der Waals surface area (Å²) in [7, 11) is 3.92. The van der Waals surface area contributed by atoms with Crippen molar-refractivity contribution in [3.63, 3.8) is 0 Å². The lowest BCUT2D eigenvalue weighted by atomic mass is 9.99. The van der Waals surface area contributed by atoms with Gasteiger partial charge in [-0.25, -0.2) is 0 Å². The summed E-state index contributed by atoms with van der Waals surface area (Å²) in [5.41, 5.74) is 3.48. The molecule has 1 unspecified atom stereocenters. The number of benzene rings is 1. The summed E-state index contributed by atoms with van der Waals surface area (Å²) in [5, 5.41) is 7.70. The van der Waals surface area contributed by atoms with Gasteiger partial charge < -0.3 is 14.8 Å². The van der Waals surface area contributed by atoms with Crippen LogP contribution in [0.3, 0.4) is 0 Å². The first-order valence-electron chi connectivity index (χ1n) is 7.26. The van der Waals surface area contributed by atoms with Crippen molar-refractivity contribution in [2.24, 2.45) is 7.05 Å². The van der Waals surface area contributed by atoms with Crippen LogP contribution in [0.5, 0.6) is 11.5 Å². The van der Waals surface area contributed by atoms with Crippen LogP contribution in [0.15, 0.2) is 24.4 Å². The van der Waals surface area contributed by atoms with Gasteiger partial charge in [-0.3, -0.25) is 4.68 Å². The summed E-state index contributed by atoms with van der Waals surface area (Å²) in [4.78, 5) is 0. The molecule has 2 aromatic rings. The Balaban J connectivity index is 1.98. The average molecular weight is 287 g/mol. The van der Waals surface area contributed by atoms with Crippen molar-refractivity contribution >= 4 is 0 Å². The summed E-state index contributed by atoms with van der Waals surface area (Å²) in [6, 6.07) is 6.23. The Kier molecular flexibility index (Phi) is 3.84. The van der Waals surface area contributed by atoms with Gasteiger partial charge in [0, 0.05) is 24.7 Å². The fourth-order valence-corrected chi connectivity index (χ4v) is 2.66. The van der Waals surface area contributed by atoms with Crippen molar-refractivity contribution in [1.82, 2.24) is 15.1 Å². The van der Waals surface area contributed by atoms with Crippen LogP contribution < -0.4 is 14.8 Å². The van der Waals surface area contributed by atoms with E-state index in [0.717, 1.165) is 29.2 Å². The van der Waals surface area contributed by atoms with Crippen LogP contribution >= 0.6 is 0 Å². The number of nitrogens with one attached hydrogen (secondary N) is 1. The Morgan fingerprint density at radius 2 is 2.00 bits per heavy atom. The number of aromatic nitrogens is 2. The van der Waals surface area contributed by atoms with Crippen molar-refractivity contribution in [2.75, 3.05) is 20.3 Å². The lowest BCUT2D eigenvalue weighted by Gasteiger charge is -2.18. The van der Waals surface area contributed by atoms with Crippen LogP contribution in [0.2, 0.25) is 0 Å². The van der Waals surface area contributed by atoms with Gasteiger partial charge in [-0.15, -0.1) is 0 Å². The van der Waals surface area contributed by atoms with Crippen molar-refractivity contribution in [1.29, 1.82) is 0 Å². The quantitative estimate of drug-likeness (QED) is 0.940. The highest BCUT2D eigenvalue weighted by Gasteiger charge is 2.19. The van der Waals surface area contributed by atoms with E-state index in [1.807, 2.05) is 31.0 Å². The molecule has 5 nitrogen and oxygen atoms in total. The van der Waals surface area contributed by atoms with E-state index >= 15 is 0 Å². The second kappa shape index (κ2) is 5.77. The third kappa shape index (κ3) is 2.61. The minimum Gasteiger partial charge on any atom is -0.490 e. The van der Waals surface area contributed by atoms with Crippen LogP contribution in [0.4, 0.5) is 0 Å². The molecular formula is C16H21N3O2. The number of aryl methyl sites for hydroxylation is 1. The predicted octanol–water partition coefficient (Wildman–Crippen LogP) is 2.20. The molecule has 1 atom stereocenters. The number of fused-ring (bicyclic) bond motifs is 1. The Bertz CT molecular complexity index is 636. The normalized spacial score (nSPS) is 15.6. The fraction of sp³-hybridized carbons (Fsp3) is 0.438. The summed E-state index contributed by atoms with van der Waals surface area (Å²) in [6.07, 6.45) is 2.83. The minimum atomic E-state index is 0.0934. The molecular weight excluding hydrogens is 266 g/mol. The van der Waals surface area contributed by atoms with Gasteiger partial charge in [0.05, 0.1) is 25.5 Å². The smallest absolute Gasteiger partial charge is 0.161 e. The number of rotatable bonds is 3. The van der Waals surface area contributed by atoms with Gasteiger partial charge in [0.2, 0.25) is 0 Å². The highest BCUT2D eigenvalue weighted by molar-refractivity contribution is 5.46. The molecule has 0 fully saturated rings. The van der Waals surface area contributed by atoms with Crippen LogP contribution in [-0.2, 0) is 7.05 Å². The molecule has 0 spiro atoms. The molecule has 0 saturated heterocycles. The fourth-order valence-electron chi connectivity index (χ4n) is 2.66. The third-order valence-corrected chi connectivity index (χ3v) is 3.98. The van der Waals surface area contributed by atoms with Gasteiger partial charge in [0.15, 0.2) is 11.5 Å². The molecule has 1 aromatic carbocycles. The number of hydrogen-bond donors (Lipinski definition) is 1. The van der Waals surface area contributed by atoms with E-state index in [1.54, 1.807) is 0 Å². The highest BCUT2D eigenvalue weighted by atomic mass is 16.5. The zero-order valence-corrected chi connectivity index (χ0v) is 12.7. The van der Waals surface area contributed by atoms with Crippen LogP contribution in [0, 0.1) is 6.92 Å². The topological polar surface area (TPSA) is 48.3 Å². The molecule has 0 saturated carbocycles. The van der Waals surface area contributed by atoms with Gasteiger partial charge in [-0.2, -0.15) is 5.10 Å². The van der Waals surface area contributed by atoms with Crippen LogP contribution in [0.1, 0.15) is 29.3 Å². The second-order valence-corrected chi connectivity index (χ2v) is 5.29. The lowest BCUT2D eigenvalue weighted by molar-refractivity contribution is 0.297. The van der Waals surface area contributed by atoms with E-state index in [2.05, 4.69) is 29.5 Å². The number of nitrogens with zero attached hydrogens (tertiary/aromatic N) is 2. The first kappa shape index (κ1) is 13.9. The maximum absolute atomic E-state index is 5.78. The summed E-state index contributed by atoms with van der Waals surface area (Å²) in [6.45, 7) is 3.49. The van der Waals surface area contributed by atoms with Crippen LogP contribution in [0.25, 0.3) is 0 Å². The molecule has 0 amide bonds. The standard InChI is InChI=1S/C16H21N3O2/c1-11-13(10-18-19(11)3)16(17-2)12-5-6-14-15(9-12)21-8-4-7-20-14/h5-6,9-10,16-17H,4,7-8H2,1-3H3. The Hall–Kier alpha value is -2.01. The molecule has 2 heterocycles. The van der Waals surface area contributed by atoms with Gasteiger partial charge in [0.25, 0.3) is 0 Å². The largest absolute Gasteiger partial charge is 0.490 e. The predicted molar refractivity (Wildman–Crippen MR) is 80.9 cm³/mol. The number of hydrogen-bond acceptors (Lipinski definition) is 4. The van der Waals surface area contributed by atoms with E-state index in [9.17, 15) is 0 Å². The van der Waals surface area contributed by atoms with Crippen molar-refractivity contribution in [2.45, 2.75) is 19.4 Å². The highest BCUT2D eigenvalue weighted by Crippen LogP contribution is 2.34. The summed E-state index contributed by atoms with van der Waals surface area (Å²) >= 11 is 0. The van der Waals surface area contributed by atoms with Crippen molar-refractivity contribution in [3.8, 4) is 11.5 Å². The van der Waals surface area contributed by atoms with E-state index in [1.165, 1.54) is 5.56 Å². The number of ether oxygens (including phenoxy) is 2. The molecule has 21 heavy (non-hydrogen) atoms. The molecule has 1 aliphatic heterocycles. The van der Waals surface area contributed by atoms with Crippen molar-refractivity contribution in [3.05, 3.63) is 41.2 Å². The first-order chi connectivity index (χ1) is 10.2. The second-order valence-electron chi connectivity index (χ2n) is 5.29. The van der Waals surface area contributed by atoms with Crippen LogP contribution in [-0.4, -0.2) is 30.0 Å². The van der Waals surface area contributed by atoms with Gasteiger partial charge in [-0.1, -0.05) is 6.07 Å². The molecule has 3 rings (SSSR count). The maximum atomic E-state index is 5.78. The zero-order valence-electron chi connectivity index (χ0n) is 12.7. The minimum absolute atomic E-state index is 0.0934. The molecule has 112 valence electrons. The summed E-state index contributed by atoms with van der Waals surface area (Å²) in [5.74, 6) is 1.65. The molecule has 0 radical (unpaired) electrons. The maximum Gasteiger partial charge on any atom is 0.161 e. The monoisotopic (exact) mass is 287 g/mol. The summed E-state index contributed by atoms with van der Waals surface area (Å²) < 4.78 is 13.4. The Morgan fingerprint density at radius 3 is 2.67 bits per heavy atom. The Morgan fingerprint density at radius 1 is 1.24 bits per heavy atom.